The summed E-state index contributed by atoms with van der Waals surface area (Å²) in [5.74, 6) is 2.75. The molecule has 0 radical (unpaired) electrons. The maximum Gasteiger partial charge on any atom is -0.00461 e. The topological polar surface area (TPSA) is 26.0 Å². The Balaban J connectivity index is 1.96. The third kappa shape index (κ3) is 2.30. The van der Waals surface area contributed by atoms with Crippen molar-refractivity contribution in [3.63, 3.8) is 0 Å². The molecule has 0 aromatic rings. The molecule has 2 unspecified atom stereocenters. The second-order valence-electron chi connectivity index (χ2n) is 3.96. The molecule has 2 atom stereocenters. The van der Waals surface area contributed by atoms with Crippen molar-refractivity contribution < 1.29 is 0 Å². The first-order valence-corrected chi connectivity index (χ1v) is 4.44. The summed E-state index contributed by atoms with van der Waals surface area (Å²) < 4.78 is 0. The molecule has 1 nitrogen and oxygen atoms in total. The lowest BCUT2D eigenvalue weighted by atomic mass is 10.1. The smallest absolute Gasteiger partial charge is 0.00461 e. The van der Waals surface area contributed by atoms with Crippen molar-refractivity contribution in [3.05, 3.63) is 0 Å². The molecule has 0 bridgehead atoms. The van der Waals surface area contributed by atoms with Crippen LogP contribution < -0.4 is 5.73 Å². The van der Waals surface area contributed by atoms with E-state index in [1.165, 1.54) is 19.3 Å². The highest BCUT2D eigenvalue weighted by atomic mass is 14.6. The molecule has 1 aliphatic rings. The molecule has 0 amide bonds. The second kappa shape index (κ2) is 3.38. The van der Waals surface area contributed by atoms with E-state index in [-0.39, 0.29) is 0 Å². The maximum atomic E-state index is 5.53. The molecule has 0 heterocycles. The van der Waals surface area contributed by atoms with Gasteiger partial charge >= 0.3 is 0 Å². The summed E-state index contributed by atoms with van der Waals surface area (Å²) in [7, 11) is 0. The van der Waals surface area contributed by atoms with Gasteiger partial charge < -0.3 is 5.73 Å². The van der Waals surface area contributed by atoms with Crippen molar-refractivity contribution in [2.45, 2.75) is 33.1 Å². The highest BCUT2D eigenvalue weighted by Gasteiger charge is 2.34. The fourth-order valence-corrected chi connectivity index (χ4v) is 1.50. The fraction of sp³-hybridized carbons (Fsp3) is 1.00. The summed E-state index contributed by atoms with van der Waals surface area (Å²) in [6.45, 7) is 5.50. The standard InChI is InChI=1S/C9H19N/c1-7(2)3-4-8-5-9(8)6-10/h7-9H,3-6,10H2,1-2H3. The summed E-state index contributed by atoms with van der Waals surface area (Å²) in [5, 5.41) is 0. The van der Waals surface area contributed by atoms with Crippen molar-refractivity contribution in [2.24, 2.45) is 23.5 Å². The predicted molar refractivity (Wildman–Crippen MR) is 44.7 cm³/mol. The largest absolute Gasteiger partial charge is 0.330 e. The van der Waals surface area contributed by atoms with Crippen molar-refractivity contribution in [3.8, 4) is 0 Å². The average molecular weight is 141 g/mol. The van der Waals surface area contributed by atoms with Crippen LogP contribution >= 0.6 is 0 Å². The molecule has 1 rings (SSSR count). The number of rotatable bonds is 4. The maximum absolute atomic E-state index is 5.53. The van der Waals surface area contributed by atoms with Gasteiger partial charge in [-0.15, -0.1) is 0 Å². The van der Waals surface area contributed by atoms with Gasteiger partial charge in [-0.25, -0.2) is 0 Å². The van der Waals surface area contributed by atoms with Crippen LogP contribution in [0.15, 0.2) is 0 Å². The first-order valence-electron chi connectivity index (χ1n) is 4.44. The van der Waals surface area contributed by atoms with Gasteiger partial charge in [0.15, 0.2) is 0 Å². The summed E-state index contributed by atoms with van der Waals surface area (Å²) in [5.41, 5.74) is 5.53. The number of nitrogens with two attached hydrogens (primary N) is 1. The average Bonchev–Trinajstić information content (AvgIpc) is 2.61. The third-order valence-corrected chi connectivity index (χ3v) is 2.49. The van der Waals surface area contributed by atoms with Crippen molar-refractivity contribution in [2.75, 3.05) is 6.54 Å². The van der Waals surface area contributed by atoms with Gasteiger partial charge in [-0.1, -0.05) is 20.3 Å². The van der Waals surface area contributed by atoms with Crippen molar-refractivity contribution >= 4 is 0 Å². The van der Waals surface area contributed by atoms with Crippen LogP contribution in [0, 0.1) is 17.8 Å². The quantitative estimate of drug-likeness (QED) is 0.637. The zero-order valence-corrected chi connectivity index (χ0v) is 7.14. The van der Waals surface area contributed by atoms with Crippen LogP contribution in [0.25, 0.3) is 0 Å². The molecular formula is C9H19N. The van der Waals surface area contributed by atoms with E-state index < -0.39 is 0 Å². The Bertz CT molecular complexity index is 98.9. The predicted octanol–water partition coefficient (Wildman–Crippen LogP) is 2.02. The Hall–Kier alpha value is -0.0400. The minimum atomic E-state index is 0.874. The first kappa shape index (κ1) is 8.06. The Labute approximate surface area is 64.0 Å². The lowest BCUT2D eigenvalue weighted by molar-refractivity contribution is 0.510. The van der Waals surface area contributed by atoms with Crippen molar-refractivity contribution in [1.29, 1.82) is 0 Å². The van der Waals surface area contributed by atoms with Crippen LogP contribution in [0.3, 0.4) is 0 Å². The highest BCUT2D eigenvalue weighted by Crippen LogP contribution is 2.41. The van der Waals surface area contributed by atoms with Crippen LogP contribution in [0.2, 0.25) is 0 Å². The molecule has 1 saturated carbocycles. The van der Waals surface area contributed by atoms with Crippen LogP contribution in [0.5, 0.6) is 0 Å². The van der Waals surface area contributed by atoms with E-state index in [1.54, 1.807) is 0 Å². The molecule has 0 saturated heterocycles. The lowest BCUT2D eigenvalue weighted by Crippen LogP contribution is -2.02. The summed E-state index contributed by atoms with van der Waals surface area (Å²) in [4.78, 5) is 0. The molecule has 1 fully saturated rings. The van der Waals surface area contributed by atoms with Gasteiger partial charge in [0.1, 0.15) is 0 Å². The SMILES string of the molecule is CC(C)CCC1CC1CN. The highest BCUT2D eigenvalue weighted by molar-refractivity contribution is 4.86. The Kier molecular flexibility index (Phi) is 2.72. The van der Waals surface area contributed by atoms with Crippen LogP contribution in [0.1, 0.15) is 33.1 Å². The molecule has 0 aromatic carbocycles. The van der Waals surface area contributed by atoms with Gasteiger partial charge in [0.2, 0.25) is 0 Å². The van der Waals surface area contributed by atoms with Crippen LogP contribution in [0.4, 0.5) is 0 Å². The lowest BCUT2D eigenvalue weighted by Gasteiger charge is -2.01. The van der Waals surface area contributed by atoms with E-state index in [0.717, 1.165) is 24.3 Å². The normalized spacial score (nSPS) is 31.2. The molecule has 0 aromatic heterocycles. The van der Waals surface area contributed by atoms with E-state index in [9.17, 15) is 0 Å². The minimum Gasteiger partial charge on any atom is -0.330 e. The Morgan fingerprint density at radius 1 is 1.40 bits per heavy atom. The van der Waals surface area contributed by atoms with Gasteiger partial charge in [-0.05, 0) is 37.1 Å². The van der Waals surface area contributed by atoms with E-state index in [0.29, 0.717) is 0 Å². The Morgan fingerprint density at radius 3 is 2.50 bits per heavy atom. The zero-order valence-electron chi connectivity index (χ0n) is 7.14. The number of hydrogen-bond donors (Lipinski definition) is 1. The summed E-state index contributed by atoms with van der Waals surface area (Å²) >= 11 is 0. The molecule has 10 heavy (non-hydrogen) atoms. The van der Waals surface area contributed by atoms with Crippen LogP contribution in [-0.2, 0) is 0 Å². The molecule has 1 heteroatoms. The molecule has 2 N–H and O–H groups in total. The molecular weight excluding hydrogens is 122 g/mol. The number of hydrogen-bond acceptors (Lipinski definition) is 1. The molecule has 0 aliphatic heterocycles. The van der Waals surface area contributed by atoms with E-state index >= 15 is 0 Å². The summed E-state index contributed by atoms with van der Waals surface area (Å²) in [6, 6.07) is 0. The van der Waals surface area contributed by atoms with E-state index in [2.05, 4.69) is 13.8 Å². The zero-order chi connectivity index (χ0) is 7.56. The van der Waals surface area contributed by atoms with E-state index in [1.807, 2.05) is 0 Å². The van der Waals surface area contributed by atoms with Gasteiger partial charge in [-0.3, -0.25) is 0 Å². The fourth-order valence-electron chi connectivity index (χ4n) is 1.50. The second-order valence-corrected chi connectivity index (χ2v) is 3.96. The van der Waals surface area contributed by atoms with Gasteiger partial charge in [0.05, 0.1) is 0 Å². The van der Waals surface area contributed by atoms with Gasteiger partial charge in [-0.2, -0.15) is 0 Å². The summed E-state index contributed by atoms with van der Waals surface area (Å²) in [6.07, 6.45) is 4.21. The third-order valence-electron chi connectivity index (χ3n) is 2.49. The molecule has 60 valence electrons. The Morgan fingerprint density at radius 2 is 2.10 bits per heavy atom. The van der Waals surface area contributed by atoms with Crippen LogP contribution in [-0.4, -0.2) is 6.54 Å². The molecule has 0 spiro atoms. The molecule has 1 aliphatic carbocycles. The van der Waals surface area contributed by atoms with Gasteiger partial charge in [0.25, 0.3) is 0 Å². The minimum absolute atomic E-state index is 0.874. The van der Waals surface area contributed by atoms with Crippen molar-refractivity contribution in [1.82, 2.24) is 0 Å². The first-order chi connectivity index (χ1) is 4.74. The van der Waals surface area contributed by atoms with Gasteiger partial charge in [0, 0.05) is 0 Å². The van der Waals surface area contributed by atoms with E-state index in [4.69, 9.17) is 5.73 Å². The monoisotopic (exact) mass is 141 g/mol.